The van der Waals surface area contributed by atoms with Crippen molar-refractivity contribution < 1.29 is 14.1 Å². The lowest BCUT2D eigenvalue weighted by molar-refractivity contribution is 0.132. The van der Waals surface area contributed by atoms with E-state index in [4.69, 9.17) is 9.26 Å². The Morgan fingerprint density at radius 3 is 2.18 bits per heavy atom. The minimum absolute atomic E-state index is 0.261. The van der Waals surface area contributed by atoms with Crippen LogP contribution in [-0.4, -0.2) is 22.7 Å². The third-order valence-corrected chi connectivity index (χ3v) is 6.83. The zero-order valence-electron chi connectivity index (χ0n) is 19.1. The van der Waals surface area contributed by atoms with Gasteiger partial charge in [-0.1, -0.05) is 84.0 Å². The van der Waals surface area contributed by atoms with Gasteiger partial charge in [-0.25, -0.2) is 4.79 Å². The number of nitrogens with zero attached hydrogens (tertiary/aromatic N) is 2. The number of benzene rings is 3. The maximum Gasteiger partial charge on any atom is 0.410 e. The summed E-state index contributed by atoms with van der Waals surface area (Å²) in [6.07, 6.45) is 2.05. The van der Waals surface area contributed by atoms with Gasteiger partial charge in [0.2, 0.25) is 0 Å². The highest BCUT2D eigenvalue weighted by Crippen LogP contribution is 2.40. The monoisotopic (exact) mass is 450 g/mol. The van der Waals surface area contributed by atoms with Gasteiger partial charge in [0, 0.05) is 11.1 Å². The molecule has 34 heavy (non-hydrogen) atoms. The second-order valence-corrected chi connectivity index (χ2v) is 9.21. The van der Waals surface area contributed by atoms with Gasteiger partial charge in [0.1, 0.15) is 6.10 Å². The Morgan fingerprint density at radius 1 is 0.853 bits per heavy atom. The Hall–Kier alpha value is -3.86. The third kappa shape index (κ3) is 3.98. The number of hydrogen-bond acceptors (Lipinski definition) is 4. The summed E-state index contributed by atoms with van der Waals surface area (Å²) < 4.78 is 11.3. The predicted octanol–water partition coefficient (Wildman–Crippen LogP) is 6.89. The molecule has 1 aliphatic carbocycles. The lowest BCUT2D eigenvalue weighted by atomic mass is 9.99. The van der Waals surface area contributed by atoms with Crippen LogP contribution in [0.25, 0.3) is 22.5 Å². The molecule has 2 aliphatic rings. The number of rotatable bonds is 6. The van der Waals surface area contributed by atoms with Gasteiger partial charge >= 0.3 is 6.09 Å². The molecule has 5 nitrogen and oxygen atoms in total. The van der Waals surface area contributed by atoms with Crippen LogP contribution in [0.5, 0.6) is 0 Å². The number of carbonyl (C=O) groups excluding carboxylic acids is 1. The van der Waals surface area contributed by atoms with Gasteiger partial charge in [-0.15, -0.1) is 0 Å². The van der Waals surface area contributed by atoms with E-state index in [9.17, 15) is 4.79 Å². The first kappa shape index (κ1) is 20.7. The first-order chi connectivity index (χ1) is 16.7. The molecule has 1 saturated carbocycles. The molecule has 2 heterocycles. The van der Waals surface area contributed by atoms with E-state index >= 15 is 0 Å². The second kappa shape index (κ2) is 8.49. The Morgan fingerprint density at radius 2 is 1.50 bits per heavy atom. The molecule has 170 valence electrons. The van der Waals surface area contributed by atoms with E-state index in [1.807, 2.05) is 37.3 Å². The van der Waals surface area contributed by atoms with Gasteiger partial charge in [0.05, 0.1) is 18.8 Å². The van der Waals surface area contributed by atoms with Crippen LogP contribution in [0.3, 0.4) is 0 Å². The fraction of sp³-hybridized carbons (Fsp3) is 0.241. The fourth-order valence-electron chi connectivity index (χ4n) is 4.65. The van der Waals surface area contributed by atoms with E-state index in [-0.39, 0.29) is 12.2 Å². The SMILES string of the molecule is Cc1noc(-c2ccc(-c3ccc(C4CC4)cc3)cc2)c1CN1CC(c2ccccc2)OC1=O. The van der Waals surface area contributed by atoms with Crippen molar-refractivity contribution in [2.75, 3.05) is 6.54 Å². The highest BCUT2D eigenvalue weighted by atomic mass is 16.6. The first-order valence-corrected chi connectivity index (χ1v) is 11.8. The van der Waals surface area contributed by atoms with Crippen molar-refractivity contribution in [1.29, 1.82) is 0 Å². The molecule has 0 bridgehead atoms. The van der Waals surface area contributed by atoms with E-state index in [0.29, 0.717) is 18.8 Å². The van der Waals surface area contributed by atoms with Crippen LogP contribution in [0.15, 0.2) is 83.4 Å². The zero-order valence-corrected chi connectivity index (χ0v) is 19.1. The summed E-state index contributed by atoms with van der Waals surface area (Å²) in [7, 11) is 0. The number of ether oxygens (including phenoxy) is 1. The Balaban J connectivity index is 1.20. The van der Waals surface area contributed by atoms with Crippen molar-refractivity contribution in [2.45, 2.75) is 38.3 Å². The molecule has 0 radical (unpaired) electrons. The highest BCUT2D eigenvalue weighted by molar-refractivity contribution is 5.72. The molecule has 4 aromatic rings. The lowest BCUT2D eigenvalue weighted by Gasteiger charge is -2.13. The molecule has 1 aliphatic heterocycles. The molecule has 1 amide bonds. The van der Waals surface area contributed by atoms with E-state index in [1.165, 1.54) is 24.0 Å². The van der Waals surface area contributed by atoms with Crippen molar-refractivity contribution in [2.24, 2.45) is 0 Å². The lowest BCUT2D eigenvalue weighted by Crippen LogP contribution is -2.24. The molecule has 1 saturated heterocycles. The molecule has 1 aromatic heterocycles. The largest absolute Gasteiger partial charge is 0.439 e. The minimum Gasteiger partial charge on any atom is -0.439 e. The van der Waals surface area contributed by atoms with Crippen LogP contribution >= 0.6 is 0 Å². The smallest absolute Gasteiger partial charge is 0.410 e. The van der Waals surface area contributed by atoms with Crippen molar-refractivity contribution >= 4 is 6.09 Å². The minimum atomic E-state index is -0.314. The topological polar surface area (TPSA) is 55.6 Å². The maximum atomic E-state index is 12.6. The molecule has 1 atom stereocenters. The van der Waals surface area contributed by atoms with Crippen LogP contribution < -0.4 is 0 Å². The van der Waals surface area contributed by atoms with Crippen LogP contribution in [0.1, 0.15) is 47.2 Å². The van der Waals surface area contributed by atoms with Gasteiger partial charge in [-0.3, -0.25) is 4.90 Å². The van der Waals surface area contributed by atoms with Gasteiger partial charge in [0.25, 0.3) is 0 Å². The summed E-state index contributed by atoms with van der Waals surface area (Å²) in [5.74, 6) is 1.46. The standard InChI is InChI=1S/C29H26N2O3/c1-19-26(17-31-18-27(33-29(31)32)24-5-3-2-4-6-24)28(34-30-19)25-15-13-23(14-16-25)22-11-9-21(10-12-22)20-7-8-20/h2-6,9-16,20,27H,7-8,17-18H2,1H3. The van der Waals surface area contributed by atoms with Crippen LogP contribution in [0.2, 0.25) is 0 Å². The van der Waals surface area contributed by atoms with E-state index in [2.05, 4.69) is 53.7 Å². The molecule has 3 aromatic carbocycles. The number of amides is 1. The number of aromatic nitrogens is 1. The van der Waals surface area contributed by atoms with Crippen LogP contribution in [-0.2, 0) is 11.3 Å². The average molecular weight is 451 g/mol. The quantitative estimate of drug-likeness (QED) is 0.321. The number of carbonyl (C=O) groups is 1. The van der Waals surface area contributed by atoms with Crippen LogP contribution in [0.4, 0.5) is 4.79 Å². The molecular formula is C29H26N2O3. The molecular weight excluding hydrogens is 424 g/mol. The first-order valence-electron chi connectivity index (χ1n) is 11.8. The second-order valence-electron chi connectivity index (χ2n) is 9.21. The Labute approximate surface area is 199 Å². The summed E-state index contributed by atoms with van der Waals surface area (Å²) in [5, 5.41) is 4.20. The summed E-state index contributed by atoms with van der Waals surface area (Å²) in [6, 6.07) is 27.1. The van der Waals surface area contributed by atoms with E-state index in [0.717, 1.165) is 33.9 Å². The van der Waals surface area contributed by atoms with Crippen molar-refractivity contribution in [3.05, 3.63) is 101 Å². The molecule has 6 rings (SSSR count). The van der Waals surface area contributed by atoms with Crippen molar-refractivity contribution in [1.82, 2.24) is 10.1 Å². The summed E-state index contributed by atoms with van der Waals surface area (Å²) in [4.78, 5) is 14.3. The summed E-state index contributed by atoms with van der Waals surface area (Å²) in [6.45, 7) is 2.81. The Bertz CT molecular complexity index is 1310. The highest BCUT2D eigenvalue weighted by Gasteiger charge is 2.33. The molecule has 2 fully saturated rings. The average Bonchev–Trinajstić information content (AvgIpc) is 3.58. The summed E-state index contributed by atoms with van der Waals surface area (Å²) in [5.41, 5.74) is 7.45. The van der Waals surface area contributed by atoms with Gasteiger partial charge in [-0.05, 0) is 47.9 Å². The number of aryl methyl sites for hydroxylation is 1. The van der Waals surface area contributed by atoms with Gasteiger partial charge in [-0.2, -0.15) is 0 Å². The zero-order chi connectivity index (χ0) is 23.1. The molecule has 1 unspecified atom stereocenters. The van der Waals surface area contributed by atoms with Crippen molar-refractivity contribution in [3.8, 4) is 22.5 Å². The van der Waals surface area contributed by atoms with Crippen molar-refractivity contribution in [3.63, 3.8) is 0 Å². The fourth-order valence-corrected chi connectivity index (χ4v) is 4.65. The number of cyclic esters (lactones) is 1. The maximum absolute atomic E-state index is 12.6. The molecule has 5 heteroatoms. The van der Waals surface area contributed by atoms with E-state index < -0.39 is 0 Å². The number of hydrogen-bond donors (Lipinski definition) is 0. The molecule has 0 N–H and O–H groups in total. The van der Waals surface area contributed by atoms with Gasteiger partial charge < -0.3 is 9.26 Å². The predicted molar refractivity (Wildman–Crippen MR) is 130 cm³/mol. The van der Waals surface area contributed by atoms with Crippen LogP contribution in [0, 0.1) is 6.92 Å². The Kier molecular flexibility index (Phi) is 5.17. The van der Waals surface area contributed by atoms with Gasteiger partial charge in [0.15, 0.2) is 5.76 Å². The normalized spacial score (nSPS) is 17.7. The molecule has 0 spiro atoms. The summed E-state index contributed by atoms with van der Waals surface area (Å²) >= 11 is 0. The van der Waals surface area contributed by atoms with E-state index in [1.54, 1.807) is 4.90 Å². The third-order valence-electron chi connectivity index (χ3n) is 6.83.